The summed E-state index contributed by atoms with van der Waals surface area (Å²) in [5, 5.41) is 19.1. The molecule has 0 aliphatic carbocycles. The maximum absolute atomic E-state index is 14.1. The first-order valence-electron chi connectivity index (χ1n) is 16.2. The molecule has 5 atom stereocenters. The van der Waals surface area contributed by atoms with E-state index in [1.165, 1.54) is 4.90 Å². The largest absolute Gasteiger partial charge is 0.480 e. The number of aliphatic carboxylic acids is 1. The Bertz CT molecular complexity index is 1570. The lowest BCUT2D eigenvalue weighted by molar-refractivity contribution is -0.145. The summed E-state index contributed by atoms with van der Waals surface area (Å²) in [6.07, 6.45) is 2.83. The third-order valence-corrected chi connectivity index (χ3v) is 8.72. The minimum atomic E-state index is -1.22. The first-order chi connectivity index (χ1) is 22.4. The van der Waals surface area contributed by atoms with Gasteiger partial charge in [-0.15, -0.1) is 0 Å². The summed E-state index contributed by atoms with van der Waals surface area (Å²) < 4.78 is 0. The zero-order valence-electron chi connectivity index (χ0n) is 27.4. The second kappa shape index (κ2) is 15.7. The number of hydrogen-bond acceptors (Lipinski definition) is 6. The number of nitrogens with zero attached hydrogens (tertiary/aromatic N) is 1. The molecule has 2 aromatic carbocycles. The molecule has 4 rings (SSSR count). The summed E-state index contributed by atoms with van der Waals surface area (Å²) in [5.41, 5.74) is 8.43. The second-order valence-electron chi connectivity index (χ2n) is 12.9. The lowest BCUT2D eigenvalue weighted by Gasteiger charge is -2.31. The van der Waals surface area contributed by atoms with Crippen LogP contribution in [-0.4, -0.2) is 81.3 Å². The Hall–Kier alpha value is -4.71. The molecular weight excluding hydrogens is 600 g/mol. The summed E-state index contributed by atoms with van der Waals surface area (Å²) in [6.45, 7) is 7.47. The molecule has 1 aromatic heterocycles. The fourth-order valence-electron chi connectivity index (χ4n) is 5.89. The number of likely N-dealkylation sites (tertiary alicyclic amines) is 1. The van der Waals surface area contributed by atoms with E-state index in [9.17, 15) is 29.1 Å². The highest BCUT2D eigenvalue weighted by Gasteiger charge is 2.40. The number of fused-ring (bicyclic) bond motifs is 1. The molecular formula is C35H46N6O6. The van der Waals surface area contributed by atoms with Gasteiger partial charge >= 0.3 is 5.97 Å². The van der Waals surface area contributed by atoms with Gasteiger partial charge in [-0.05, 0) is 41.9 Å². The first-order valence-corrected chi connectivity index (χ1v) is 16.2. The van der Waals surface area contributed by atoms with Crippen molar-refractivity contribution >= 4 is 40.5 Å². The van der Waals surface area contributed by atoms with E-state index in [-0.39, 0.29) is 31.2 Å². The van der Waals surface area contributed by atoms with Crippen LogP contribution in [0, 0.1) is 11.8 Å². The van der Waals surface area contributed by atoms with E-state index in [1.54, 1.807) is 20.0 Å². The number of carbonyl (C=O) groups excluding carboxylic acids is 4. The monoisotopic (exact) mass is 646 g/mol. The van der Waals surface area contributed by atoms with E-state index in [2.05, 4.69) is 20.9 Å². The minimum Gasteiger partial charge on any atom is -0.480 e. The van der Waals surface area contributed by atoms with Crippen LogP contribution in [0.15, 0.2) is 60.8 Å². The van der Waals surface area contributed by atoms with Gasteiger partial charge in [-0.2, -0.15) is 0 Å². The van der Waals surface area contributed by atoms with Gasteiger partial charge in [0.05, 0.1) is 6.04 Å². The molecule has 1 fully saturated rings. The van der Waals surface area contributed by atoms with Gasteiger partial charge in [0.15, 0.2) is 0 Å². The number of para-hydroxylation sites is 1. The van der Waals surface area contributed by atoms with E-state index < -0.39 is 59.8 Å². The Morgan fingerprint density at radius 1 is 0.872 bits per heavy atom. The molecule has 1 saturated heterocycles. The minimum absolute atomic E-state index is 0.0568. The van der Waals surface area contributed by atoms with E-state index in [4.69, 9.17) is 5.73 Å². The SMILES string of the molecule is CC(C)[C@H](N)C(=O)N[C@H](C(=O)N[C@@H](Cc1ccccc1)C(=O)N1CCC[C@H]1C(=O)N[C@@H](Cc1c[nH]c2ccccc12)C(=O)O)C(C)C. The standard InChI is InChI=1S/C35H46N6O6/c1-20(2)29(36)32(43)40-30(21(3)4)33(44)38-26(17-22-11-6-5-7-12-22)34(45)41-16-10-15-28(41)31(42)39-27(35(46)47)18-23-19-37-25-14-9-8-13-24(23)25/h5-9,11-14,19-21,26-30,37H,10,15-18,36H2,1-4H3,(H,38,44)(H,39,42)(H,40,43)(H,46,47)/t26-,27-,28-,29-,30-/m0/s1. The Labute approximate surface area is 274 Å². The Morgan fingerprint density at radius 2 is 1.55 bits per heavy atom. The number of aromatic nitrogens is 1. The number of nitrogens with one attached hydrogen (secondary N) is 4. The van der Waals surface area contributed by atoms with Crippen molar-refractivity contribution in [1.82, 2.24) is 25.8 Å². The van der Waals surface area contributed by atoms with Gasteiger partial charge in [0.25, 0.3) is 0 Å². The van der Waals surface area contributed by atoms with Crippen LogP contribution in [0.1, 0.15) is 51.7 Å². The van der Waals surface area contributed by atoms with Crippen molar-refractivity contribution in [3.05, 3.63) is 71.9 Å². The third kappa shape index (κ3) is 8.76. The zero-order chi connectivity index (χ0) is 34.2. The Kier molecular flexibility index (Phi) is 11.8. The van der Waals surface area contributed by atoms with Crippen LogP contribution in [-0.2, 0) is 36.8 Å². The number of carbonyl (C=O) groups is 5. The van der Waals surface area contributed by atoms with E-state index in [0.29, 0.717) is 12.8 Å². The second-order valence-corrected chi connectivity index (χ2v) is 12.9. The first kappa shape index (κ1) is 35.1. The summed E-state index contributed by atoms with van der Waals surface area (Å²) >= 11 is 0. The lowest BCUT2D eigenvalue weighted by Crippen LogP contribution is -2.60. The molecule has 0 saturated carbocycles. The fourth-order valence-corrected chi connectivity index (χ4v) is 5.89. The van der Waals surface area contributed by atoms with Gasteiger partial charge in [0.1, 0.15) is 24.2 Å². The lowest BCUT2D eigenvalue weighted by atomic mass is 9.99. The van der Waals surface area contributed by atoms with Gasteiger partial charge in [-0.25, -0.2) is 4.79 Å². The number of carboxylic acids is 1. The van der Waals surface area contributed by atoms with Crippen LogP contribution < -0.4 is 21.7 Å². The van der Waals surface area contributed by atoms with Crippen LogP contribution in [0.5, 0.6) is 0 Å². The topological polar surface area (TPSA) is 187 Å². The van der Waals surface area contributed by atoms with Crippen LogP contribution in [0.2, 0.25) is 0 Å². The highest BCUT2D eigenvalue weighted by Crippen LogP contribution is 2.22. The number of amides is 4. The van der Waals surface area contributed by atoms with E-state index >= 15 is 0 Å². The molecule has 1 aliphatic rings. The fraction of sp³-hybridized carbons (Fsp3) is 0.457. The number of nitrogens with two attached hydrogens (primary N) is 1. The Morgan fingerprint density at radius 3 is 2.21 bits per heavy atom. The van der Waals surface area contributed by atoms with Crippen molar-refractivity contribution in [2.45, 2.75) is 83.6 Å². The summed E-state index contributed by atoms with van der Waals surface area (Å²) in [7, 11) is 0. The summed E-state index contributed by atoms with van der Waals surface area (Å²) in [5.74, 6) is -3.66. The molecule has 0 radical (unpaired) electrons. The van der Waals surface area contributed by atoms with Crippen LogP contribution in [0.25, 0.3) is 10.9 Å². The van der Waals surface area contributed by atoms with E-state index in [1.807, 2.05) is 68.4 Å². The molecule has 7 N–H and O–H groups in total. The highest BCUT2D eigenvalue weighted by molar-refractivity contribution is 5.96. The number of carboxylic acid groups (broad SMARTS) is 1. The molecule has 0 unspecified atom stereocenters. The van der Waals surface area contributed by atoms with Crippen LogP contribution in [0.3, 0.4) is 0 Å². The molecule has 252 valence electrons. The predicted molar refractivity (Wildman–Crippen MR) is 178 cm³/mol. The molecule has 0 spiro atoms. The molecule has 4 amide bonds. The molecule has 12 nitrogen and oxygen atoms in total. The number of hydrogen-bond donors (Lipinski definition) is 6. The van der Waals surface area contributed by atoms with Crippen LogP contribution >= 0.6 is 0 Å². The van der Waals surface area contributed by atoms with Crippen molar-refractivity contribution in [3.8, 4) is 0 Å². The van der Waals surface area contributed by atoms with Gasteiger partial charge < -0.3 is 36.7 Å². The summed E-state index contributed by atoms with van der Waals surface area (Å²) in [6, 6.07) is 11.8. The van der Waals surface area contributed by atoms with Crippen molar-refractivity contribution < 1.29 is 29.1 Å². The van der Waals surface area contributed by atoms with Crippen LogP contribution in [0.4, 0.5) is 0 Å². The average molecular weight is 647 g/mol. The third-order valence-electron chi connectivity index (χ3n) is 8.72. The quantitative estimate of drug-likeness (QED) is 0.155. The van der Waals surface area contributed by atoms with Crippen molar-refractivity contribution in [2.75, 3.05) is 6.54 Å². The van der Waals surface area contributed by atoms with E-state index in [0.717, 1.165) is 22.0 Å². The smallest absolute Gasteiger partial charge is 0.326 e. The average Bonchev–Trinajstić information content (AvgIpc) is 3.70. The number of benzene rings is 2. The highest BCUT2D eigenvalue weighted by atomic mass is 16.4. The van der Waals surface area contributed by atoms with Gasteiger partial charge in [-0.3, -0.25) is 19.2 Å². The molecule has 47 heavy (non-hydrogen) atoms. The predicted octanol–water partition coefficient (Wildman–Crippen LogP) is 2.12. The molecule has 3 aromatic rings. The van der Waals surface area contributed by atoms with Gasteiger partial charge in [0, 0.05) is 36.5 Å². The van der Waals surface area contributed by atoms with Gasteiger partial charge in [0.2, 0.25) is 23.6 Å². The number of rotatable bonds is 14. The molecule has 2 heterocycles. The molecule has 1 aliphatic heterocycles. The number of aromatic amines is 1. The summed E-state index contributed by atoms with van der Waals surface area (Å²) in [4.78, 5) is 70.9. The molecule has 0 bridgehead atoms. The van der Waals surface area contributed by atoms with Crippen molar-refractivity contribution in [2.24, 2.45) is 17.6 Å². The van der Waals surface area contributed by atoms with Crippen molar-refractivity contribution in [1.29, 1.82) is 0 Å². The normalized spacial score (nSPS) is 17.3. The maximum atomic E-state index is 14.1. The number of H-pyrrole nitrogens is 1. The maximum Gasteiger partial charge on any atom is 0.326 e. The molecule has 12 heteroatoms. The Balaban J connectivity index is 1.52. The van der Waals surface area contributed by atoms with Crippen molar-refractivity contribution in [3.63, 3.8) is 0 Å². The van der Waals surface area contributed by atoms with Gasteiger partial charge in [-0.1, -0.05) is 76.2 Å². The zero-order valence-corrected chi connectivity index (χ0v) is 27.4.